The second-order valence-corrected chi connectivity index (χ2v) is 7.41. The number of aliphatic hydroxyl groups is 1. The molecule has 1 atom stereocenters. The van der Waals surface area contributed by atoms with Crippen molar-refractivity contribution in [3.63, 3.8) is 0 Å². The van der Waals surface area contributed by atoms with Gasteiger partial charge in [0.2, 0.25) is 5.78 Å². The van der Waals surface area contributed by atoms with E-state index in [1.165, 1.54) is 18.3 Å². The Labute approximate surface area is 183 Å². The summed E-state index contributed by atoms with van der Waals surface area (Å²) in [6.07, 6.45) is 1.51. The Kier molecular flexibility index (Phi) is 4.78. The molecule has 5 rings (SSSR count). The number of hydrogen-bond acceptors (Lipinski definition) is 6. The van der Waals surface area contributed by atoms with Gasteiger partial charge in [-0.15, -0.1) is 0 Å². The summed E-state index contributed by atoms with van der Waals surface area (Å²) in [6, 6.07) is 18.6. The number of amides is 1. The Morgan fingerprint density at radius 2 is 1.91 bits per heavy atom. The predicted molar refractivity (Wildman–Crippen MR) is 115 cm³/mol. The van der Waals surface area contributed by atoms with Gasteiger partial charge in [0.05, 0.1) is 31.5 Å². The molecule has 0 saturated heterocycles. The Morgan fingerprint density at radius 3 is 2.62 bits per heavy atom. The van der Waals surface area contributed by atoms with E-state index >= 15 is 0 Å². The minimum atomic E-state index is -0.795. The zero-order valence-corrected chi connectivity index (χ0v) is 17.1. The highest BCUT2D eigenvalue weighted by Gasteiger charge is 2.44. The minimum Gasteiger partial charge on any atom is -0.503 e. The van der Waals surface area contributed by atoms with Crippen molar-refractivity contribution < 1.29 is 28.3 Å². The lowest BCUT2D eigenvalue weighted by molar-refractivity contribution is -0.130. The van der Waals surface area contributed by atoms with Crippen molar-refractivity contribution in [2.45, 2.75) is 12.6 Å². The third-order valence-corrected chi connectivity index (χ3v) is 5.52. The molecule has 4 aromatic rings. The maximum absolute atomic E-state index is 13.5. The Bertz CT molecular complexity index is 1330. The van der Waals surface area contributed by atoms with Crippen LogP contribution in [0.4, 0.5) is 0 Å². The maximum atomic E-state index is 13.5. The fourth-order valence-electron chi connectivity index (χ4n) is 4.04. The number of rotatable bonds is 6. The average molecular weight is 429 g/mol. The monoisotopic (exact) mass is 429 g/mol. The second-order valence-electron chi connectivity index (χ2n) is 7.41. The fraction of sp³-hybridized carbons (Fsp3) is 0.120. The van der Waals surface area contributed by atoms with Crippen molar-refractivity contribution in [3.05, 3.63) is 101 Å². The molecule has 160 valence electrons. The maximum Gasteiger partial charge on any atom is 0.290 e. The van der Waals surface area contributed by atoms with Crippen LogP contribution in [0.5, 0.6) is 5.75 Å². The lowest BCUT2D eigenvalue weighted by atomic mass is 9.95. The molecular formula is C25H19NO6. The third kappa shape index (κ3) is 3.15. The molecule has 32 heavy (non-hydrogen) atoms. The summed E-state index contributed by atoms with van der Waals surface area (Å²) in [5.74, 6) is -0.768. The van der Waals surface area contributed by atoms with Crippen LogP contribution in [0.1, 0.15) is 27.9 Å². The highest BCUT2D eigenvalue weighted by atomic mass is 16.5. The van der Waals surface area contributed by atoms with Gasteiger partial charge in [0, 0.05) is 5.39 Å². The van der Waals surface area contributed by atoms with Crippen LogP contribution in [0.25, 0.3) is 11.0 Å². The molecule has 0 saturated carbocycles. The molecule has 1 N–H and O–H groups in total. The summed E-state index contributed by atoms with van der Waals surface area (Å²) in [6.45, 7) is 0.0974. The van der Waals surface area contributed by atoms with E-state index in [0.29, 0.717) is 28.0 Å². The number of carbonyl (C=O) groups excluding carboxylic acids is 2. The molecule has 0 aliphatic carbocycles. The first-order valence-corrected chi connectivity index (χ1v) is 10.0. The van der Waals surface area contributed by atoms with Crippen molar-refractivity contribution in [2.75, 3.05) is 7.11 Å². The van der Waals surface area contributed by atoms with Crippen molar-refractivity contribution in [1.82, 2.24) is 4.90 Å². The van der Waals surface area contributed by atoms with Crippen LogP contribution in [0.15, 0.2) is 93.2 Å². The van der Waals surface area contributed by atoms with Gasteiger partial charge in [-0.05, 0) is 29.8 Å². The largest absolute Gasteiger partial charge is 0.503 e. The molecule has 1 amide bonds. The molecule has 0 radical (unpaired) electrons. The Hall–Kier alpha value is -4.26. The van der Waals surface area contributed by atoms with E-state index in [-0.39, 0.29) is 17.9 Å². The number of benzene rings is 2. The van der Waals surface area contributed by atoms with Gasteiger partial charge in [0.15, 0.2) is 22.9 Å². The van der Waals surface area contributed by atoms with Crippen molar-refractivity contribution in [3.8, 4) is 5.75 Å². The van der Waals surface area contributed by atoms with E-state index in [1.807, 2.05) is 18.2 Å². The number of carbonyl (C=O) groups is 2. The molecule has 2 aromatic heterocycles. The molecule has 7 nitrogen and oxygen atoms in total. The van der Waals surface area contributed by atoms with Crippen LogP contribution >= 0.6 is 0 Å². The van der Waals surface area contributed by atoms with Crippen LogP contribution in [0, 0.1) is 0 Å². The van der Waals surface area contributed by atoms with Gasteiger partial charge >= 0.3 is 0 Å². The van der Waals surface area contributed by atoms with Crippen molar-refractivity contribution in [1.29, 1.82) is 0 Å². The summed E-state index contributed by atoms with van der Waals surface area (Å²) in [5, 5.41) is 11.4. The zero-order chi connectivity index (χ0) is 22.2. The molecule has 0 spiro atoms. The number of para-hydroxylation sites is 1. The molecule has 1 aliphatic heterocycles. The van der Waals surface area contributed by atoms with Crippen molar-refractivity contribution in [2.24, 2.45) is 0 Å². The third-order valence-electron chi connectivity index (χ3n) is 5.52. The smallest absolute Gasteiger partial charge is 0.290 e. The molecule has 2 aromatic carbocycles. The van der Waals surface area contributed by atoms with Gasteiger partial charge in [-0.2, -0.15) is 0 Å². The van der Waals surface area contributed by atoms with Gasteiger partial charge in [-0.3, -0.25) is 9.59 Å². The van der Waals surface area contributed by atoms with Crippen LogP contribution in [-0.2, 0) is 11.3 Å². The number of ketones is 1. The van der Waals surface area contributed by atoms with Gasteiger partial charge in [-0.1, -0.05) is 42.5 Å². The van der Waals surface area contributed by atoms with Gasteiger partial charge in [0.1, 0.15) is 5.76 Å². The predicted octanol–water partition coefficient (Wildman–Crippen LogP) is 4.81. The first-order chi connectivity index (χ1) is 15.6. The standard InChI is InChI=1S/C25H19NO6/c1-30-18-11-5-9-16-13-19(32-24(16)18)22(27)20-21(15-7-3-2-4-8-15)26(25(29)23(20)28)14-17-10-6-12-31-17/h2-13,21,28H,14H2,1H3. The summed E-state index contributed by atoms with van der Waals surface area (Å²) in [5.41, 5.74) is 1.07. The molecule has 1 unspecified atom stereocenters. The SMILES string of the molecule is COc1cccc2cc(C(=O)C3=C(O)C(=O)N(Cc4ccco4)C3c3ccccc3)oc12. The van der Waals surface area contributed by atoms with Gasteiger partial charge in [-0.25, -0.2) is 0 Å². The number of ether oxygens (including phenoxy) is 1. The van der Waals surface area contributed by atoms with Crippen LogP contribution < -0.4 is 4.74 Å². The first-order valence-electron chi connectivity index (χ1n) is 10.0. The van der Waals surface area contributed by atoms with Gasteiger partial charge in [0.25, 0.3) is 5.91 Å². The number of aliphatic hydroxyl groups excluding tert-OH is 1. The molecule has 7 heteroatoms. The number of fused-ring (bicyclic) bond motifs is 1. The summed E-state index contributed by atoms with van der Waals surface area (Å²) >= 11 is 0. The van der Waals surface area contributed by atoms with Crippen LogP contribution in [0.3, 0.4) is 0 Å². The molecule has 3 heterocycles. The zero-order valence-electron chi connectivity index (χ0n) is 17.1. The number of nitrogens with zero attached hydrogens (tertiary/aromatic N) is 1. The highest BCUT2D eigenvalue weighted by molar-refractivity contribution is 6.16. The molecule has 0 bridgehead atoms. The Balaban J connectivity index is 1.60. The number of hydrogen-bond donors (Lipinski definition) is 1. The quantitative estimate of drug-likeness (QED) is 0.442. The first kappa shape index (κ1) is 19.7. The number of Topliss-reactive ketones (excluding diaryl/α,β-unsaturated/α-hetero) is 1. The summed E-state index contributed by atoms with van der Waals surface area (Å²) in [4.78, 5) is 28.0. The van der Waals surface area contributed by atoms with E-state index in [1.54, 1.807) is 48.5 Å². The molecular weight excluding hydrogens is 410 g/mol. The van der Waals surface area contributed by atoms with Gasteiger partial charge < -0.3 is 23.6 Å². The Morgan fingerprint density at radius 1 is 1.09 bits per heavy atom. The lowest BCUT2D eigenvalue weighted by Gasteiger charge is -2.25. The average Bonchev–Trinajstić information content (AvgIpc) is 3.54. The molecule has 0 fully saturated rings. The second kappa shape index (κ2) is 7.77. The number of furan rings is 2. The highest BCUT2D eigenvalue weighted by Crippen LogP contribution is 2.41. The minimum absolute atomic E-state index is 0.0135. The fourth-order valence-corrected chi connectivity index (χ4v) is 4.04. The van der Waals surface area contributed by atoms with Crippen LogP contribution in [-0.4, -0.2) is 28.8 Å². The summed E-state index contributed by atoms with van der Waals surface area (Å²) in [7, 11) is 1.51. The van der Waals surface area contributed by atoms with E-state index in [4.69, 9.17) is 13.6 Å². The normalized spacial score (nSPS) is 16.2. The summed E-state index contributed by atoms with van der Waals surface area (Å²) < 4.78 is 16.5. The van der Waals surface area contributed by atoms with Crippen molar-refractivity contribution >= 4 is 22.7 Å². The van der Waals surface area contributed by atoms with E-state index in [0.717, 1.165) is 0 Å². The molecule has 1 aliphatic rings. The topological polar surface area (TPSA) is 93.1 Å². The van der Waals surface area contributed by atoms with E-state index in [2.05, 4.69) is 0 Å². The van der Waals surface area contributed by atoms with Crippen LogP contribution in [0.2, 0.25) is 0 Å². The number of methoxy groups -OCH3 is 1. The lowest BCUT2D eigenvalue weighted by Crippen LogP contribution is -2.30. The van der Waals surface area contributed by atoms with E-state index < -0.39 is 23.5 Å². The van der Waals surface area contributed by atoms with E-state index in [9.17, 15) is 14.7 Å².